The number of carbonyl (C=O) groups excluding carboxylic acids is 1. The molecule has 0 spiro atoms. The van der Waals surface area contributed by atoms with E-state index in [4.69, 9.17) is 9.72 Å². The lowest BCUT2D eigenvalue weighted by Crippen LogP contribution is -2.52. The van der Waals surface area contributed by atoms with Crippen LogP contribution >= 0.6 is 0 Å². The van der Waals surface area contributed by atoms with Gasteiger partial charge in [0.15, 0.2) is 5.75 Å². The van der Waals surface area contributed by atoms with E-state index < -0.39 is 0 Å². The highest BCUT2D eigenvalue weighted by Gasteiger charge is 2.38. The van der Waals surface area contributed by atoms with Gasteiger partial charge in [0.1, 0.15) is 12.4 Å². The average Bonchev–Trinajstić information content (AvgIpc) is 3.42. The zero-order chi connectivity index (χ0) is 24.1. The van der Waals surface area contributed by atoms with Crippen LogP contribution in [0.4, 0.5) is 11.5 Å². The number of aryl methyl sites for hydroxylation is 2. The van der Waals surface area contributed by atoms with Crippen molar-refractivity contribution < 1.29 is 9.53 Å². The number of amides is 1. The van der Waals surface area contributed by atoms with Crippen LogP contribution in [0, 0.1) is 6.92 Å². The average molecular weight is 472 g/mol. The minimum atomic E-state index is 0.0271. The molecule has 3 aliphatic heterocycles. The van der Waals surface area contributed by atoms with Crippen molar-refractivity contribution in [2.45, 2.75) is 31.9 Å². The first-order chi connectivity index (χ1) is 17.0. The van der Waals surface area contributed by atoms with E-state index in [1.54, 1.807) is 4.68 Å². The number of nitrogens with zero attached hydrogens (tertiary/aromatic N) is 6. The molecule has 1 amide bonds. The summed E-state index contributed by atoms with van der Waals surface area (Å²) in [4.78, 5) is 25.8. The molecule has 9 heteroatoms. The van der Waals surface area contributed by atoms with Crippen LogP contribution in [0.15, 0.2) is 43.4 Å². The summed E-state index contributed by atoms with van der Waals surface area (Å²) in [5.41, 5.74) is 5.95. The van der Waals surface area contributed by atoms with Crippen LogP contribution in [-0.4, -0.2) is 67.7 Å². The first kappa shape index (κ1) is 21.8. The van der Waals surface area contributed by atoms with E-state index in [1.807, 2.05) is 43.5 Å². The Balaban J connectivity index is 1.21. The predicted molar refractivity (Wildman–Crippen MR) is 133 cm³/mol. The highest BCUT2D eigenvalue weighted by atomic mass is 16.5. The number of likely N-dealkylation sites (tertiary alicyclic amines) is 2. The van der Waals surface area contributed by atoms with Crippen LogP contribution in [0.25, 0.3) is 11.1 Å². The summed E-state index contributed by atoms with van der Waals surface area (Å²) in [7, 11) is 1.91. The zero-order valence-electron chi connectivity index (χ0n) is 20.1. The van der Waals surface area contributed by atoms with Gasteiger partial charge in [-0.3, -0.25) is 19.4 Å². The summed E-state index contributed by atoms with van der Waals surface area (Å²) in [5.74, 6) is 1.96. The fourth-order valence-electron chi connectivity index (χ4n) is 5.39. The number of carbonyl (C=O) groups is 1. The maximum atomic E-state index is 11.9. The Bertz CT molecular complexity index is 1310. The van der Waals surface area contributed by atoms with Crippen molar-refractivity contribution in [2.75, 3.05) is 31.5 Å². The van der Waals surface area contributed by atoms with Crippen molar-refractivity contribution in [3.63, 3.8) is 0 Å². The summed E-state index contributed by atoms with van der Waals surface area (Å²) in [6.07, 6.45) is 8.10. The molecule has 9 nitrogen and oxygen atoms in total. The summed E-state index contributed by atoms with van der Waals surface area (Å²) >= 11 is 0. The fraction of sp³-hybridized carbons (Fsp3) is 0.385. The molecule has 180 valence electrons. The number of hydrogen-bond acceptors (Lipinski definition) is 7. The van der Waals surface area contributed by atoms with E-state index in [9.17, 15) is 4.79 Å². The number of hydrogen-bond donors (Lipinski definition) is 1. The topological polar surface area (TPSA) is 88.4 Å². The molecular weight excluding hydrogens is 442 g/mol. The normalized spacial score (nSPS) is 19.7. The number of pyridine rings is 2. The lowest BCUT2D eigenvalue weighted by atomic mass is 9.92. The van der Waals surface area contributed by atoms with Crippen LogP contribution in [0.2, 0.25) is 0 Å². The third kappa shape index (κ3) is 3.85. The summed E-state index contributed by atoms with van der Waals surface area (Å²) in [5, 5.41) is 7.84. The monoisotopic (exact) mass is 471 g/mol. The highest BCUT2D eigenvalue weighted by molar-refractivity contribution is 5.87. The summed E-state index contributed by atoms with van der Waals surface area (Å²) in [6, 6.07) is 4.53. The molecule has 6 heterocycles. The van der Waals surface area contributed by atoms with Crippen molar-refractivity contribution in [2.24, 2.45) is 7.05 Å². The Hall–Kier alpha value is -3.72. The van der Waals surface area contributed by atoms with E-state index in [0.29, 0.717) is 18.6 Å². The second kappa shape index (κ2) is 8.49. The molecular formula is C26H29N7O2. The number of rotatable bonds is 4. The molecule has 0 unspecified atom stereocenters. The molecule has 1 N–H and O–H groups in total. The van der Waals surface area contributed by atoms with E-state index in [-0.39, 0.29) is 5.91 Å². The molecule has 3 aliphatic rings. The first-order valence-corrected chi connectivity index (χ1v) is 12.0. The molecule has 1 atom stereocenters. The summed E-state index contributed by atoms with van der Waals surface area (Å²) in [6.45, 7) is 9.51. The van der Waals surface area contributed by atoms with Crippen LogP contribution in [0.1, 0.15) is 29.3 Å². The Morgan fingerprint density at radius 2 is 2.17 bits per heavy atom. The smallest absolute Gasteiger partial charge is 0.246 e. The standard InChI is InChI=1S/C26H29N7O2/c1-4-24(34)32-8-6-19(14-32)33-12-18(13-33)22-9-23-25(16(2)29-22)35-15-21-20(5-7-27-26(21)30-23)17-10-28-31(3)11-17/h4-5,7,9-11,18-19H,1,6,8,12-15H2,2-3H3,(H,27,30)/t19-/m0/s1. The third-order valence-corrected chi connectivity index (χ3v) is 7.34. The number of anilines is 2. The Labute approximate surface area is 204 Å². The van der Waals surface area contributed by atoms with Gasteiger partial charge in [-0.05, 0) is 37.1 Å². The van der Waals surface area contributed by atoms with E-state index in [0.717, 1.165) is 77.9 Å². The second-order valence-corrected chi connectivity index (χ2v) is 9.59. The van der Waals surface area contributed by atoms with Crippen molar-refractivity contribution in [1.29, 1.82) is 0 Å². The molecule has 0 aliphatic carbocycles. The van der Waals surface area contributed by atoms with Crippen LogP contribution in [0.5, 0.6) is 5.75 Å². The van der Waals surface area contributed by atoms with E-state index in [2.05, 4.69) is 32.9 Å². The van der Waals surface area contributed by atoms with Crippen molar-refractivity contribution in [3.8, 4) is 16.9 Å². The Kier molecular flexibility index (Phi) is 5.29. The van der Waals surface area contributed by atoms with Gasteiger partial charge in [-0.15, -0.1) is 0 Å². The van der Waals surface area contributed by atoms with Gasteiger partial charge in [0.2, 0.25) is 5.91 Å². The SMILES string of the molecule is C=CC(=O)N1CC[C@H](N2CC(c3cc4c(c(C)n3)OCc3c(-c5cnn(C)c5)ccnc3N4)C2)C1. The zero-order valence-corrected chi connectivity index (χ0v) is 20.1. The van der Waals surface area contributed by atoms with Crippen molar-refractivity contribution >= 4 is 17.4 Å². The molecule has 0 bridgehead atoms. The summed E-state index contributed by atoms with van der Waals surface area (Å²) < 4.78 is 8.06. The second-order valence-electron chi connectivity index (χ2n) is 9.59. The maximum absolute atomic E-state index is 11.9. The molecule has 0 radical (unpaired) electrons. The lowest BCUT2D eigenvalue weighted by Gasteiger charge is -2.43. The largest absolute Gasteiger partial charge is 0.485 e. The minimum absolute atomic E-state index is 0.0271. The maximum Gasteiger partial charge on any atom is 0.246 e. The van der Waals surface area contributed by atoms with Gasteiger partial charge >= 0.3 is 0 Å². The Morgan fingerprint density at radius 3 is 2.94 bits per heavy atom. The highest BCUT2D eigenvalue weighted by Crippen LogP contribution is 2.41. The van der Waals surface area contributed by atoms with Crippen molar-refractivity contribution in [1.82, 2.24) is 29.5 Å². The first-order valence-electron chi connectivity index (χ1n) is 12.0. The molecule has 6 rings (SSSR count). The number of ether oxygens (including phenoxy) is 1. The molecule has 2 fully saturated rings. The van der Waals surface area contributed by atoms with Crippen molar-refractivity contribution in [3.05, 3.63) is 60.3 Å². The van der Waals surface area contributed by atoms with Gasteiger partial charge in [0.25, 0.3) is 0 Å². The van der Waals surface area contributed by atoms with E-state index in [1.165, 1.54) is 6.08 Å². The molecule has 3 aromatic rings. The van der Waals surface area contributed by atoms with Gasteiger partial charge in [0.05, 0.1) is 17.6 Å². The van der Waals surface area contributed by atoms with Gasteiger partial charge in [-0.1, -0.05) is 6.58 Å². The third-order valence-electron chi connectivity index (χ3n) is 7.34. The Morgan fingerprint density at radius 1 is 1.31 bits per heavy atom. The molecule has 0 aromatic carbocycles. The number of nitrogens with one attached hydrogen (secondary N) is 1. The molecule has 0 saturated carbocycles. The minimum Gasteiger partial charge on any atom is -0.485 e. The van der Waals surface area contributed by atoms with Gasteiger partial charge < -0.3 is 15.0 Å². The van der Waals surface area contributed by atoms with Crippen LogP contribution in [0.3, 0.4) is 0 Å². The lowest BCUT2D eigenvalue weighted by molar-refractivity contribution is -0.125. The number of aromatic nitrogens is 4. The number of fused-ring (bicyclic) bond motifs is 2. The molecule has 35 heavy (non-hydrogen) atoms. The molecule has 3 aromatic heterocycles. The quantitative estimate of drug-likeness (QED) is 0.585. The van der Waals surface area contributed by atoms with Crippen LogP contribution in [-0.2, 0) is 18.4 Å². The van der Waals surface area contributed by atoms with Gasteiger partial charge in [-0.2, -0.15) is 5.10 Å². The van der Waals surface area contributed by atoms with Crippen LogP contribution < -0.4 is 10.1 Å². The molecule has 2 saturated heterocycles. The predicted octanol–water partition coefficient (Wildman–Crippen LogP) is 3.01. The van der Waals surface area contributed by atoms with Gasteiger partial charge in [-0.25, -0.2) is 4.98 Å². The fourth-order valence-corrected chi connectivity index (χ4v) is 5.39. The van der Waals surface area contributed by atoms with E-state index >= 15 is 0 Å². The van der Waals surface area contributed by atoms with Gasteiger partial charge in [0, 0.05) is 74.4 Å².